The number of hydrogen-bond acceptors (Lipinski definition) is 8. The van der Waals surface area contributed by atoms with E-state index in [1.807, 2.05) is 38.1 Å². The van der Waals surface area contributed by atoms with Crippen LogP contribution in [-0.2, 0) is 7.05 Å². The molecule has 32 heavy (non-hydrogen) atoms. The monoisotopic (exact) mass is 445 g/mol. The molecule has 0 bridgehead atoms. The molecule has 0 saturated carbocycles. The first-order valence-corrected chi connectivity index (χ1v) is 10.7. The number of amides is 1. The van der Waals surface area contributed by atoms with Crippen molar-refractivity contribution < 1.29 is 9.32 Å². The minimum absolute atomic E-state index is 0.275. The summed E-state index contributed by atoms with van der Waals surface area (Å²) in [5.74, 6) is 0.329. The van der Waals surface area contributed by atoms with Gasteiger partial charge in [-0.1, -0.05) is 17.3 Å². The number of thiophene rings is 1. The molecule has 0 aliphatic heterocycles. The van der Waals surface area contributed by atoms with Gasteiger partial charge >= 0.3 is 0 Å². The van der Waals surface area contributed by atoms with E-state index >= 15 is 0 Å². The molecule has 160 valence electrons. The van der Waals surface area contributed by atoms with Crippen LogP contribution in [0.2, 0.25) is 0 Å². The van der Waals surface area contributed by atoms with E-state index in [0.717, 1.165) is 16.0 Å². The van der Waals surface area contributed by atoms with E-state index in [0.29, 0.717) is 39.6 Å². The summed E-state index contributed by atoms with van der Waals surface area (Å²) in [6.07, 6.45) is 0. The molecule has 1 aromatic carbocycles. The van der Waals surface area contributed by atoms with Gasteiger partial charge < -0.3 is 9.84 Å². The van der Waals surface area contributed by atoms with E-state index in [1.54, 1.807) is 36.1 Å². The van der Waals surface area contributed by atoms with Gasteiger partial charge in [-0.3, -0.25) is 4.79 Å². The fourth-order valence-electron chi connectivity index (χ4n) is 3.71. The van der Waals surface area contributed by atoms with Crippen LogP contribution in [0, 0.1) is 20.8 Å². The maximum Gasteiger partial charge on any atom is 0.259 e. The fourth-order valence-corrected chi connectivity index (χ4v) is 4.64. The van der Waals surface area contributed by atoms with Gasteiger partial charge in [0.2, 0.25) is 0 Å². The molecule has 10 heteroatoms. The van der Waals surface area contributed by atoms with Gasteiger partial charge in [0, 0.05) is 33.6 Å². The smallest absolute Gasteiger partial charge is 0.259 e. The molecule has 4 heterocycles. The Morgan fingerprint density at radius 3 is 2.72 bits per heavy atom. The highest BCUT2D eigenvalue weighted by Gasteiger charge is 2.21. The first-order chi connectivity index (χ1) is 15.4. The molecule has 0 atom stereocenters. The number of nitrogens with zero attached hydrogens (tertiary/aromatic N) is 6. The largest absolute Gasteiger partial charge is 0.335 e. The maximum atomic E-state index is 13.4. The minimum Gasteiger partial charge on any atom is -0.335 e. The zero-order chi connectivity index (χ0) is 22.4. The highest BCUT2D eigenvalue weighted by Crippen LogP contribution is 2.33. The highest BCUT2D eigenvalue weighted by molar-refractivity contribution is 7.12. The average molecular weight is 446 g/mol. The number of aryl methyl sites for hydroxylation is 4. The standard InChI is InChI=1S/C22H19N7O2S/c1-11-8-16(13(3)32-11)18-10-17(19-12(2)26-31-22(19)24-18)21(30)23-15-7-5-6-14(9-15)20-25-27-28-29(20)4/h5-10H,1-4H3,(H,23,30). The van der Waals surface area contributed by atoms with Crippen molar-refractivity contribution in [3.05, 3.63) is 57.4 Å². The van der Waals surface area contributed by atoms with Crippen LogP contribution in [0.4, 0.5) is 5.69 Å². The van der Waals surface area contributed by atoms with E-state index in [4.69, 9.17) is 4.52 Å². The summed E-state index contributed by atoms with van der Waals surface area (Å²) in [5, 5.41) is 19.2. The topological polar surface area (TPSA) is 112 Å². The molecule has 5 rings (SSSR count). The first-order valence-electron chi connectivity index (χ1n) is 9.89. The average Bonchev–Trinajstić information content (AvgIpc) is 3.46. The lowest BCUT2D eigenvalue weighted by Crippen LogP contribution is -2.13. The van der Waals surface area contributed by atoms with Gasteiger partial charge in [-0.05, 0) is 55.5 Å². The Kier molecular flexibility index (Phi) is 4.78. The Hall–Kier alpha value is -3.92. The van der Waals surface area contributed by atoms with E-state index in [9.17, 15) is 4.79 Å². The summed E-state index contributed by atoms with van der Waals surface area (Å²) >= 11 is 1.69. The summed E-state index contributed by atoms with van der Waals surface area (Å²) in [5.41, 5.74) is 4.49. The van der Waals surface area contributed by atoms with E-state index in [-0.39, 0.29) is 5.91 Å². The van der Waals surface area contributed by atoms with Crippen molar-refractivity contribution in [2.24, 2.45) is 7.05 Å². The van der Waals surface area contributed by atoms with Crippen LogP contribution in [0.1, 0.15) is 25.8 Å². The van der Waals surface area contributed by atoms with Crippen LogP contribution < -0.4 is 5.32 Å². The zero-order valence-electron chi connectivity index (χ0n) is 17.9. The lowest BCUT2D eigenvalue weighted by molar-refractivity contribution is 0.102. The minimum atomic E-state index is -0.275. The number of benzene rings is 1. The molecule has 0 fully saturated rings. The van der Waals surface area contributed by atoms with Crippen molar-refractivity contribution in [2.45, 2.75) is 20.8 Å². The summed E-state index contributed by atoms with van der Waals surface area (Å²) in [6, 6.07) is 11.2. The second-order valence-electron chi connectivity index (χ2n) is 7.49. The Labute approximate surface area is 187 Å². The molecule has 0 unspecified atom stereocenters. The number of tetrazole rings is 1. The number of hydrogen-bond donors (Lipinski definition) is 1. The first kappa shape index (κ1) is 20.0. The molecule has 1 N–H and O–H groups in total. The quantitative estimate of drug-likeness (QED) is 0.438. The highest BCUT2D eigenvalue weighted by atomic mass is 32.1. The van der Waals surface area contributed by atoms with Crippen molar-refractivity contribution >= 4 is 34.0 Å². The molecular weight excluding hydrogens is 426 g/mol. The van der Waals surface area contributed by atoms with Crippen LogP contribution >= 0.6 is 11.3 Å². The lowest BCUT2D eigenvalue weighted by atomic mass is 10.1. The fraction of sp³-hybridized carbons (Fsp3) is 0.182. The molecule has 0 aliphatic carbocycles. The van der Waals surface area contributed by atoms with Crippen LogP contribution in [-0.4, -0.2) is 36.3 Å². The normalized spacial score (nSPS) is 11.2. The summed E-state index contributed by atoms with van der Waals surface area (Å²) in [6.45, 7) is 5.88. The van der Waals surface area contributed by atoms with Gasteiger partial charge in [0.25, 0.3) is 11.6 Å². The van der Waals surface area contributed by atoms with Gasteiger partial charge in [0.05, 0.1) is 22.3 Å². The van der Waals surface area contributed by atoms with Crippen LogP contribution in [0.5, 0.6) is 0 Å². The Morgan fingerprint density at radius 2 is 2.00 bits per heavy atom. The van der Waals surface area contributed by atoms with Gasteiger partial charge in [0.15, 0.2) is 5.82 Å². The molecule has 0 spiro atoms. The second kappa shape index (κ2) is 7.65. The van der Waals surface area contributed by atoms with Crippen molar-refractivity contribution in [1.82, 2.24) is 30.3 Å². The molecule has 0 aliphatic rings. The number of anilines is 1. The number of aromatic nitrogens is 6. The van der Waals surface area contributed by atoms with Gasteiger partial charge in [-0.15, -0.1) is 16.4 Å². The molecule has 0 saturated heterocycles. The third-order valence-electron chi connectivity index (χ3n) is 5.18. The maximum absolute atomic E-state index is 13.4. The zero-order valence-corrected chi connectivity index (χ0v) is 18.7. The molecule has 5 aromatic rings. The number of carbonyl (C=O) groups excluding carboxylic acids is 1. The number of nitrogens with one attached hydrogen (secondary N) is 1. The molecule has 4 aromatic heterocycles. The summed E-state index contributed by atoms with van der Waals surface area (Å²) < 4.78 is 6.99. The number of fused-ring (bicyclic) bond motifs is 1. The number of pyridine rings is 1. The third kappa shape index (κ3) is 3.44. The van der Waals surface area contributed by atoms with Crippen LogP contribution in [0.15, 0.2) is 40.9 Å². The number of rotatable bonds is 4. The molecular formula is C22H19N7O2S. The summed E-state index contributed by atoms with van der Waals surface area (Å²) in [4.78, 5) is 20.3. The molecule has 0 radical (unpaired) electrons. The predicted molar refractivity (Wildman–Crippen MR) is 122 cm³/mol. The number of carbonyl (C=O) groups is 1. The van der Waals surface area contributed by atoms with E-state index < -0.39 is 0 Å². The van der Waals surface area contributed by atoms with Crippen molar-refractivity contribution in [1.29, 1.82) is 0 Å². The Balaban J connectivity index is 1.56. The molecule has 1 amide bonds. The van der Waals surface area contributed by atoms with Gasteiger partial charge in [-0.25, -0.2) is 9.67 Å². The SMILES string of the molecule is Cc1cc(-c2cc(C(=O)Nc3cccc(-c4nnnn4C)c3)c3c(C)noc3n2)c(C)s1. The van der Waals surface area contributed by atoms with E-state index in [1.165, 1.54) is 4.88 Å². The lowest BCUT2D eigenvalue weighted by Gasteiger charge is -2.09. The predicted octanol–water partition coefficient (Wildman–Crippen LogP) is 4.32. The molecule has 9 nitrogen and oxygen atoms in total. The Bertz CT molecular complexity index is 1480. The van der Waals surface area contributed by atoms with Gasteiger partial charge in [-0.2, -0.15) is 0 Å². The van der Waals surface area contributed by atoms with Crippen molar-refractivity contribution in [3.8, 4) is 22.6 Å². The van der Waals surface area contributed by atoms with E-state index in [2.05, 4.69) is 37.0 Å². The Morgan fingerprint density at radius 1 is 1.16 bits per heavy atom. The van der Waals surface area contributed by atoms with Crippen molar-refractivity contribution in [3.63, 3.8) is 0 Å². The third-order valence-corrected chi connectivity index (χ3v) is 6.14. The van der Waals surface area contributed by atoms with Crippen LogP contribution in [0.3, 0.4) is 0 Å². The summed E-state index contributed by atoms with van der Waals surface area (Å²) in [7, 11) is 1.76. The van der Waals surface area contributed by atoms with Crippen molar-refractivity contribution in [2.75, 3.05) is 5.32 Å². The second-order valence-corrected chi connectivity index (χ2v) is 8.95. The van der Waals surface area contributed by atoms with Crippen LogP contribution in [0.25, 0.3) is 33.7 Å². The van der Waals surface area contributed by atoms with Gasteiger partial charge in [0.1, 0.15) is 0 Å².